The monoisotopic (exact) mass is 239 g/mol. The molecule has 0 amide bonds. The lowest BCUT2D eigenvalue weighted by atomic mass is 10.1. The third-order valence-electron chi connectivity index (χ3n) is 2.84. The van der Waals surface area contributed by atoms with Crippen LogP contribution in [0.3, 0.4) is 0 Å². The van der Waals surface area contributed by atoms with Crippen molar-refractivity contribution in [2.45, 2.75) is 45.7 Å². The summed E-state index contributed by atoms with van der Waals surface area (Å²) in [4.78, 5) is 0. The molecule has 0 saturated heterocycles. The quantitative estimate of drug-likeness (QED) is 0.709. The molecular formula is C13H25N3O. The Morgan fingerprint density at radius 3 is 2.82 bits per heavy atom. The zero-order valence-electron chi connectivity index (χ0n) is 11.4. The van der Waals surface area contributed by atoms with Gasteiger partial charge in [-0.25, -0.2) is 0 Å². The van der Waals surface area contributed by atoms with Crippen molar-refractivity contribution in [3.63, 3.8) is 0 Å². The van der Waals surface area contributed by atoms with Gasteiger partial charge in [0.05, 0.1) is 5.69 Å². The van der Waals surface area contributed by atoms with Gasteiger partial charge in [-0.05, 0) is 39.3 Å². The van der Waals surface area contributed by atoms with Crippen LogP contribution < -0.4 is 5.32 Å². The van der Waals surface area contributed by atoms with Gasteiger partial charge >= 0.3 is 0 Å². The molecule has 98 valence electrons. The van der Waals surface area contributed by atoms with Gasteiger partial charge in [-0.15, -0.1) is 0 Å². The van der Waals surface area contributed by atoms with E-state index in [4.69, 9.17) is 4.74 Å². The van der Waals surface area contributed by atoms with Gasteiger partial charge in [0.2, 0.25) is 0 Å². The fourth-order valence-electron chi connectivity index (χ4n) is 2.06. The molecule has 1 aromatic rings. The minimum absolute atomic E-state index is 0.375. The molecule has 4 heteroatoms. The van der Waals surface area contributed by atoms with Crippen molar-refractivity contribution in [1.29, 1.82) is 0 Å². The number of hydrogen-bond acceptors (Lipinski definition) is 3. The van der Waals surface area contributed by atoms with Crippen LogP contribution in [-0.2, 0) is 4.74 Å². The molecule has 0 saturated carbocycles. The minimum Gasteiger partial charge on any atom is -0.385 e. The van der Waals surface area contributed by atoms with Crippen LogP contribution >= 0.6 is 0 Å². The van der Waals surface area contributed by atoms with Crippen molar-refractivity contribution in [2.24, 2.45) is 0 Å². The van der Waals surface area contributed by atoms with Gasteiger partial charge < -0.3 is 10.1 Å². The molecule has 0 aliphatic carbocycles. The molecular weight excluding hydrogens is 214 g/mol. The summed E-state index contributed by atoms with van der Waals surface area (Å²) in [5, 5.41) is 7.92. The predicted molar refractivity (Wildman–Crippen MR) is 70.1 cm³/mol. The molecule has 1 unspecified atom stereocenters. The first-order valence-corrected chi connectivity index (χ1v) is 6.46. The average molecular weight is 239 g/mol. The zero-order valence-corrected chi connectivity index (χ0v) is 11.4. The molecule has 0 aliphatic rings. The smallest absolute Gasteiger partial charge is 0.0556 e. The summed E-state index contributed by atoms with van der Waals surface area (Å²) in [6, 6.07) is 2.89. The molecule has 0 spiro atoms. The van der Waals surface area contributed by atoms with Gasteiger partial charge in [0, 0.05) is 32.0 Å². The zero-order chi connectivity index (χ0) is 12.7. The summed E-state index contributed by atoms with van der Waals surface area (Å²) in [6.07, 6.45) is 4.04. The molecule has 0 radical (unpaired) electrons. The molecule has 1 N–H and O–H groups in total. The van der Waals surface area contributed by atoms with Crippen LogP contribution in [0.25, 0.3) is 0 Å². The van der Waals surface area contributed by atoms with Crippen LogP contribution in [0.4, 0.5) is 0 Å². The van der Waals surface area contributed by atoms with Gasteiger partial charge in [-0.2, -0.15) is 5.10 Å². The highest BCUT2D eigenvalue weighted by atomic mass is 16.5. The Bertz CT molecular complexity index is 309. The van der Waals surface area contributed by atoms with E-state index < -0.39 is 0 Å². The lowest BCUT2D eigenvalue weighted by molar-refractivity contribution is 0.188. The topological polar surface area (TPSA) is 39.1 Å². The van der Waals surface area contributed by atoms with Crippen molar-refractivity contribution in [3.8, 4) is 0 Å². The first-order valence-electron chi connectivity index (χ1n) is 6.46. The highest BCUT2D eigenvalue weighted by Crippen LogP contribution is 2.20. The van der Waals surface area contributed by atoms with Gasteiger partial charge in [0.25, 0.3) is 0 Å². The van der Waals surface area contributed by atoms with Crippen molar-refractivity contribution >= 4 is 0 Å². The van der Waals surface area contributed by atoms with Gasteiger partial charge in [-0.1, -0.05) is 6.92 Å². The van der Waals surface area contributed by atoms with Crippen molar-refractivity contribution in [3.05, 3.63) is 18.0 Å². The van der Waals surface area contributed by atoms with E-state index in [2.05, 4.69) is 41.9 Å². The summed E-state index contributed by atoms with van der Waals surface area (Å²) in [6.45, 7) is 8.25. The van der Waals surface area contributed by atoms with E-state index >= 15 is 0 Å². The van der Waals surface area contributed by atoms with E-state index in [1.54, 1.807) is 7.11 Å². The van der Waals surface area contributed by atoms with E-state index in [-0.39, 0.29) is 0 Å². The summed E-state index contributed by atoms with van der Waals surface area (Å²) in [5.74, 6) is 0. The lowest BCUT2D eigenvalue weighted by Crippen LogP contribution is -2.24. The average Bonchev–Trinajstić information content (AvgIpc) is 2.77. The molecule has 17 heavy (non-hydrogen) atoms. The van der Waals surface area contributed by atoms with E-state index in [9.17, 15) is 0 Å². The number of nitrogens with one attached hydrogen (secondary N) is 1. The molecule has 1 heterocycles. The van der Waals surface area contributed by atoms with Gasteiger partial charge in [0.1, 0.15) is 0 Å². The molecule has 0 aliphatic heterocycles. The summed E-state index contributed by atoms with van der Waals surface area (Å²) in [7, 11) is 1.75. The summed E-state index contributed by atoms with van der Waals surface area (Å²) in [5.41, 5.74) is 1.28. The van der Waals surface area contributed by atoms with E-state index in [0.717, 1.165) is 26.0 Å². The number of hydrogen-bond donors (Lipinski definition) is 1. The molecule has 0 bridgehead atoms. The number of nitrogens with zero attached hydrogens (tertiary/aromatic N) is 2. The molecule has 4 nitrogen and oxygen atoms in total. The largest absolute Gasteiger partial charge is 0.385 e. The third kappa shape index (κ3) is 4.13. The first-order chi connectivity index (χ1) is 8.20. The Labute approximate surface area is 104 Å². The van der Waals surface area contributed by atoms with Gasteiger partial charge in [0.15, 0.2) is 0 Å². The minimum atomic E-state index is 0.375. The SMILES string of the molecule is CCNC(CCCOC)c1ccnn1C(C)C. The van der Waals surface area contributed by atoms with Crippen LogP contribution in [0.15, 0.2) is 12.3 Å². The highest BCUT2D eigenvalue weighted by Gasteiger charge is 2.16. The molecule has 1 rings (SSSR count). The van der Waals surface area contributed by atoms with Gasteiger partial charge in [-0.3, -0.25) is 4.68 Å². The number of rotatable bonds is 8. The molecule has 1 atom stereocenters. The van der Waals surface area contributed by atoms with Crippen LogP contribution in [0, 0.1) is 0 Å². The predicted octanol–water partition coefficient (Wildman–Crippen LogP) is 2.54. The summed E-state index contributed by atoms with van der Waals surface area (Å²) >= 11 is 0. The summed E-state index contributed by atoms with van der Waals surface area (Å²) < 4.78 is 7.21. The van der Waals surface area contributed by atoms with Crippen LogP contribution in [0.2, 0.25) is 0 Å². The Balaban J connectivity index is 2.70. The third-order valence-corrected chi connectivity index (χ3v) is 2.84. The fraction of sp³-hybridized carbons (Fsp3) is 0.769. The maximum absolute atomic E-state index is 5.12. The standard InChI is InChI=1S/C13H25N3O/c1-5-14-12(7-6-10-17-4)13-8-9-15-16(13)11(2)3/h8-9,11-12,14H,5-7,10H2,1-4H3. The maximum Gasteiger partial charge on any atom is 0.0556 e. The second kappa shape index (κ2) is 7.45. The van der Waals surface area contributed by atoms with E-state index in [1.807, 2.05) is 6.20 Å². The fourth-order valence-corrected chi connectivity index (χ4v) is 2.06. The van der Waals surface area contributed by atoms with Crippen LogP contribution in [-0.4, -0.2) is 30.0 Å². The second-order valence-electron chi connectivity index (χ2n) is 4.54. The Morgan fingerprint density at radius 2 is 2.24 bits per heavy atom. The number of methoxy groups -OCH3 is 1. The van der Waals surface area contributed by atoms with Crippen molar-refractivity contribution in [1.82, 2.24) is 15.1 Å². The van der Waals surface area contributed by atoms with Crippen LogP contribution in [0.1, 0.15) is 51.4 Å². The Morgan fingerprint density at radius 1 is 1.47 bits per heavy atom. The van der Waals surface area contributed by atoms with Crippen LogP contribution in [0.5, 0.6) is 0 Å². The van der Waals surface area contributed by atoms with E-state index in [1.165, 1.54) is 5.69 Å². The first kappa shape index (κ1) is 14.2. The molecule has 0 aromatic carbocycles. The van der Waals surface area contributed by atoms with Crippen molar-refractivity contribution in [2.75, 3.05) is 20.3 Å². The van der Waals surface area contributed by atoms with E-state index in [0.29, 0.717) is 12.1 Å². The maximum atomic E-state index is 5.12. The van der Waals surface area contributed by atoms with Crippen molar-refractivity contribution < 1.29 is 4.74 Å². The Hall–Kier alpha value is -0.870. The molecule has 1 aromatic heterocycles. The molecule has 0 fully saturated rings. The highest BCUT2D eigenvalue weighted by molar-refractivity contribution is 5.07. The Kier molecular flexibility index (Phi) is 6.22. The second-order valence-corrected chi connectivity index (χ2v) is 4.54. The normalized spacial score (nSPS) is 13.2. The number of aromatic nitrogens is 2. The number of ether oxygens (including phenoxy) is 1. The lowest BCUT2D eigenvalue weighted by Gasteiger charge is -2.21.